The molecule has 0 fully saturated rings. The Kier molecular flexibility index (Phi) is 14.1. The van der Waals surface area contributed by atoms with E-state index >= 15 is 0 Å². The van der Waals surface area contributed by atoms with E-state index in [1.807, 2.05) is 40.8 Å². The van der Waals surface area contributed by atoms with Crippen molar-refractivity contribution < 1.29 is 30.3 Å². The van der Waals surface area contributed by atoms with Gasteiger partial charge >= 0.3 is 0 Å². The van der Waals surface area contributed by atoms with Crippen molar-refractivity contribution in [2.24, 2.45) is 11.8 Å². The average molecular weight is 772 g/mol. The predicted octanol–water partition coefficient (Wildman–Crippen LogP) is 9.60. The van der Waals surface area contributed by atoms with Gasteiger partial charge in [-0.1, -0.05) is 69.5 Å². The van der Waals surface area contributed by atoms with E-state index in [0.717, 1.165) is 52.4 Å². The Morgan fingerprint density at radius 2 is 1.36 bits per heavy atom. The van der Waals surface area contributed by atoms with Gasteiger partial charge in [-0.05, 0) is 101 Å². The molecule has 2 N–H and O–H groups in total. The summed E-state index contributed by atoms with van der Waals surface area (Å²) < 4.78 is 0. The Morgan fingerprint density at radius 3 is 1.91 bits per heavy atom. The van der Waals surface area contributed by atoms with Crippen LogP contribution in [0.2, 0.25) is 0 Å². The summed E-state index contributed by atoms with van der Waals surface area (Å²) in [5.74, 6) is 0.681. The molecule has 0 amide bonds. The zero-order chi connectivity index (χ0) is 31.8. The molecule has 6 heteroatoms. The fraction of sp³-hybridized carbons (Fsp3) is 0.395. The van der Waals surface area contributed by atoms with Gasteiger partial charge in [0.2, 0.25) is 0 Å². The van der Waals surface area contributed by atoms with Crippen LogP contribution in [0.25, 0.3) is 33.9 Å². The summed E-state index contributed by atoms with van der Waals surface area (Å²) in [4.78, 5) is 14.8. The minimum atomic E-state index is -0.515. The number of hydrogen-bond acceptors (Lipinski definition) is 5. The van der Waals surface area contributed by atoms with Crippen LogP contribution in [0.3, 0.4) is 0 Å². The number of aliphatic hydroxyl groups excluding tert-OH is 2. The van der Waals surface area contributed by atoms with E-state index < -0.39 is 6.10 Å². The van der Waals surface area contributed by atoms with E-state index in [2.05, 4.69) is 83.1 Å². The zero-order valence-electron chi connectivity index (χ0n) is 28.0. The van der Waals surface area contributed by atoms with E-state index in [-0.39, 0.29) is 31.9 Å². The molecule has 237 valence electrons. The largest absolute Gasteiger partial charge is 0.512 e. The quantitative estimate of drug-likeness (QED) is 0.175. The van der Waals surface area contributed by atoms with Crippen LogP contribution in [-0.4, -0.2) is 31.3 Å². The molecule has 3 atom stereocenters. The molecule has 4 rings (SSSR count). The number of nitrogens with zero attached hydrogens (tertiary/aromatic N) is 3. The number of rotatable bonds is 8. The monoisotopic (exact) mass is 772 g/mol. The molecular weight excluding hydrogens is 723 g/mol. The normalized spacial score (nSPS) is 13.3. The number of pyridine rings is 1. The van der Waals surface area contributed by atoms with Gasteiger partial charge < -0.3 is 10.2 Å². The maximum absolute atomic E-state index is 9.60. The first-order chi connectivity index (χ1) is 20.3. The molecule has 4 aromatic rings. The first kappa shape index (κ1) is 37.0. The molecule has 5 nitrogen and oxygen atoms in total. The summed E-state index contributed by atoms with van der Waals surface area (Å²) in [6.45, 7) is 20.6. The summed E-state index contributed by atoms with van der Waals surface area (Å²) in [6, 6.07) is 17.0. The third-order valence-electron chi connectivity index (χ3n) is 8.03. The Hall–Kier alpha value is -3.18. The number of benzene rings is 2. The third-order valence-corrected chi connectivity index (χ3v) is 8.03. The van der Waals surface area contributed by atoms with Crippen molar-refractivity contribution in [3.05, 3.63) is 100 Å². The zero-order valence-corrected chi connectivity index (χ0v) is 30.4. The number of aliphatic hydroxyl groups is 2. The van der Waals surface area contributed by atoms with Crippen molar-refractivity contribution in [2.45, 2.75) is 88.2 Å². The van der Waals surface area contributed by atoms with Crippen molar-refractivity contribution in [1.29, 1.82) is 0 Å². The van der Waals surface area contributed by atoms with Gasteiger partial charge in [-0.15, -0.1) is 0 Å². The second kappa shape index (κ2) is 16.8. The van der Waals surface area contributed by atoms with Crippen LogP contribution in [0.5, 0.6) is 0 Å². The van der Waals surface area contributed by atoms with E-state index in [0.29, 0.717) is 5.76 Å². The molecule has 0 saturated carbocycles. The summed E-state index contributed by atoms with van der Waals surface area (Å²) in [6.07, 6.45) is 4.76. The van der Waals surface area contributed by atoms with Crippen molar-refractivity contribution in [3.8, 4) is 33.9 Å². The van der Waals surface area contributed by atoms with Gasteiger partial charge in [-0.3, -0.25) is 9.97 Å². The Bertz CT molecular complexity index is 1520. The molecule has 0 aliphatic rings. The first-order valence-electron chi connectivity index (χ1n) is 15.4. The topological polar surface area (TPSA) is 79.1 Å². The number of allylic oxidation sites excluding steroid dienone is 1. The van der Waals surface area contributed by atoms with Gasteiger partial charge in [0.1, 0.15) is 5.69 Å². The summed E-state index contributed by atoms with van der Waals surface area (Å²) in [5.41, 5.74) is 12.7. The minimum Gasteiger partial charge on any atom is -0.512 e. The van der Waals surface area contributed by atoms with Crippen LogP contribution >= 0.6 is 0 Å². The van der Waals surface area contributed by atoms with E-state index in [4.69, 9.17) is 15.0 Å². The van der Waals surface area contributed by atoms with Gasteiger partial charge in [0.25, 0.3) is 0 Å². The van der Waals surface area contributed by atoms with Crippen LogP contribution in [0.4, 0.5) is 0 Å². The van der Waals surface area contributed by atoms with Crippen LogP contribution in [0.1, 0.15) is 74.0 Å². The summed E-state index contributed by atoms with van der Waals surface area (Å²) in [5, 5.41) is 19.1. The van der Waals surface area contributed by atoms with Crippen molar-refractivity contribution in [3.63, 3.8) is 0 Å². The van der Waals surface area contributed by atoms with Gasteiger partial charge in [-0.2, -0.15) is 0 Å². The van der Waals surface area contributed by atoms with Crippen LogP contribution < -0.4 is 0 Å². The Labute approximate surface area is 278 Å². The molecule has 0 spiro atoms. The molecule has 1 radical (unpaired) electrons. The first-order valence-corrected chi connectivity index (χ1v) is 15.4. The fourth-order valence-electron chi connectivity index (χ4n) is 5.14. The van der Waals surface area contributed by atoms with Gasteiger partial charge in [0.15, 0.2) is 0 Å². The molecule has 3 unspecified atom stereocenters. The maximum atomic E-state index is 9.60. The van der Waals surface area contributed by atoms with Gasteiger partial charge in [0.05, 0.1) is 35.1 Å². The van der Waals surface area contributed by atoms with E-state index in [1.165, 1.54) is 27.8 Å². The Balaban J connectivity index is 0.000000412. The molecule has 2 heterocycles. The van der Waals surface area contributed by atoms with Gasteiger partial charge in [-0.25, -0.2) is 4.98 Å². The van der Waals surface area contributed by atoms with Crippen molar-refractivity contribution in [2.75, 3.05) is 0 Å². The minimum absolute atomic E-state index is 0. The summed E-state index contributed by atoms with van der Waals surface area (Å²) in [7, 11) is 0. The van der Waals surface area contributed by atoms with Gasteiger partial charge in [0, 0.05) is 42.8 Å². The molecule has 2 aromatic heterocycles. The van der Waals surface area contributed by atoms with Crippen LogP contribution in [0, 0.1) is 53.4 Å². The SMILES string of the molecule is CCC(C)C(O)=CC(O)C(C)CC.Cc1cc(C)cc(-c2nc(-c3c(C)cccc3C)cnc2-c2cc(C)cc(C)n2)c1.[Ir]. The molecule has 2 aromatic carbocycles. The Morgan fingerprint density at radius 1 is 0.773 bits per heavy atom. The molecular formula is C38H49IrN3O2. The second-order valence-corrected chi connectivity index (χ2v) is 12.0. The van der Waals surface area contributed by atoms with E-state index in [9.17, 15) is 10.2 Å². The number of aryl methyl sites for hydroxylation is 6. The second-order valence-electron chi connectivity index (χ2n) is 12.0. The molecule has 0 bridgehead atoms. The fourth-order valence-corrected chi connectivity index (χ4v) is 5.14. The van der Waals surface area contributed by atoms with Crippen LogP contribution in [0.15, 0.2) is 66.6 Å². The predicted molar refractivity (Wildman–Crippen MR) is 180 cm³/mol. The van der Waals surface area contributed by atoms with Crippen molar-refractivity contribution in [1.82, 2.24) is 15.0 Å². The average Bonchev–Trinajstić information content (AvgIpc) is 2.95. The molecule has 44 heavy (non-hydrogen) atoms. The number of hydrogen-bond donors (Lipinski definition) is 2. The smallest absolute Gasteiger partial charge is 0.115 e. The third kappa shape index (κ3) is 9.66. The van der Waals surface area contributed by atoms with Crippen molar-refractivity contribution >= 4 is 0 Å². The molecule has 0 aliphatic heterocycles. The van der Waals surface area contributed by atoms with E-state index in [1.54, 1.807) is 6.08 Å². The molecule has 0 aliphatic carbocycles. The van der Waals surface area contributed by atoms with Crippen LogP contribution in [-0.2, 0) is 20.1 Å². The maximum Gasteiger partial charge on any atom is 0.115 e. The standard InChI is InChI=1S/C27H27N3.C11H22O2.Ir/c1-16-10-17(2)13-22(12-16)26-27(23-14-18(3)11-21(6)29-23)28-15-24(30-26)25-19(4)8-7-9-20(25)5;1-5-8(3)10(12)7-11(13)9(4)6-2;/h7-15H,1-6H3;7-10,12-13H,5-6H2,1-4H3;. The summed E-state index contributed by atoms with van der Waals surface area (Å²) >= 11 is 0. The molecule has 0 saturated heterocycles. The number of aromatic nitrogens is 3.